The average Bonchev–Trinajstić information content (AvgIpc) is 3.32. The number of carbonyl (C=O) groups is 1. The second kappa shape index (κ2) is 9.17. The highest BCUT2D eigenvalue weighted by atomic mass is 19.1. The third-order valence-electron chi connectivity index (χ3n) is 8.31. The monoisotopic (exact) mass is 529 g/mol. The molecule has 2 heterocycles. The first-order valence-electron chi connectivity index (χ1n) is 12.8. The average molecular weight is 530 g/mol. The molecule has 2 amide bonds. The zero-order valence-electron chi connectivity index (χ0n) is 21.6. The Morgan fingerprint density at radius 3 is 2.54 bits per heavy atom. The lowest BCUT2D eigenvalue weighted by atomic mass is 9.70. The van der Waals surface area contributed by atoms with E-state index in [1.54, 1.807) is 53.4 Å². The Morgan fingerprint density at radius 1 is 1.15 bits per heavy atom. The number of ether oxygens (including phenoxy) is 3. The minimum atomic E-state index is -1.83. The van der Waals surface area contributed by atoms with Gasteiger partial charge in [-0.25, -0.2) is 9.18 Å². The molecule has 0 bridgehead atoms. The minimum Gasteiger partial charge on any atom is -0.496 e. The van der Waals surface area contributed by atoms with E-state index in [1.165, 1.54) is 26.4 Å². The summed E-state index contributed by atoms with van der Waals surface area (Å²) in [5, 5.41) is 25.5. The summed E-state index contributed by atoms with van der Waals surface area (Å²) in [5.74, 6) is 0.130. The maximum absolute atomic E-state index is 14.6. The Labute approximate surface area is 225 Å². The van der Waals surface area contributed by atoms with Gasteiger partial charge in [-0.2, -0.15) is 5.26 Å². The summed E-state index contributed by atoms with van der Waals surface area (Å²) in [6, 6.07) is 17.4. The van der Waals surface area contributed by atoms with Gasteiger partial charge < -0.3 is 29.5 Å². The molecule has 1 saturated carbocycles. The Bertz CT molecular complexity index is 1480. The lowest BCUT2D eigenvalue weighted by Gasteiger charge is -2.42. The highest BCUT2D eigenvalue weighted by Crippen LogP contribution is 2.68. The van der Waals surface area contributed by atoms with E-state index in [-0.39, 0.29) is 12.5 Å². The molecule has 2 N–H and O–H groups in total. The predicted molar refractivity (Wildman–Crippen MR) is 139 cm³/mol. The molecule has 4 atom stereocenters. The second-order valence-electron chi connectivity index (χ2n) is 10.2. The van der Waals surface area contributed by atoms with Crippen LogP contribution in [0.1, 0.15) is 41.0 Å². The van der Waals surface area contributed by atoms with Crippen LogP contribution in [0.5, 0.6) is 17.2 Å². The van der Waals surface area contributed by atoms with Gasteiger partial charge in [0.15, 0.2) is 11.2 Å². The van der Waals surface area contributed by atoms with Crippen LogP contribution in [-0.4, -0.2) is 49.4 Å². The number of nitriles is 1. The summed E-state index contributed by atoms with van der Waals surface area (Å²) in [6.07, 6.45) is 1.18. The van der Waals surface area contributed by atoms with Gasteiger partial charge in [0.25, 0.3) is 0 Å². The highest BCUT2D eigenvalue weighted by molar-refractivity contribution is 5.76. The van der Waals surface area contributed by atoms with Gasteiger partial charge in [-0.15, -0.1) is 0 Å². The fourth-order valence-corrected chi connectivity index (χ4v) is 6.37. The van der Waals surface area contributed by atoms with Gasteiger partial charge in [-0.1, -0.05) is 24.3 Å². The molecule has 6 rings (SSSR count). The minimum absolute atomic E-state index is 0.258. The number of carbonyl (C=O) groups excluding carboxylic acids is 1. The van der Waals surface area contributed by atoms with Crippen molar-refractivity contribution in [1.29, 1.82) is 5.26 Å². The summed E-state index contributed by atoms with van der Waals surface area (Å²) in [6.45, 7) is 1.28. The van der Waals surface area contributed by atoms with Crippen molar-refractivity contribution in [3.8, 4) is 23.3 Å². The van der Waals surface area contributed by atoms with E-state index in [1.807, 2.05) is 0 Å². The molecule has 9 heteroatoms. The lowest BCUT2D eigenvalue weighted by molar-refractivity contribution is -0.116. The van der Waals surface area contributed by atoms with E-state index in [4.69, 9.17) is 14.2 Å². The molecule has 0 unspecified atom stereocenters. The van der Waals surface area contributed by atoms with E-state index in [0.29, 0.717) is 52.6 Å². The molecular formula is C30H28FN3O5. The predicted octanol–water partition coefficient (Wildman–Crippen LogP) is 4.16. The Hall–Kier alpha value is -4.29. The molecule has 0 spiro atoms. The number of amides is 2. The van der Waals surface area contributed by atoms with Crippen molar-refractivity contribution in [2.45, 2.75) is 36.0 Å². The van der Waals surface area contributed by atoms with Gasteiger partial charge >= 0.3 is 6.03 Å². The number of nitrogens with zero attached hydrogens (tertiary/aromatic N) is 2. The number of rotatable bonds is 5. The quantitative estimate of drug-likeness (QED) is 0.515. The molecule has 1 saturated heterocycles. The van der Waals surface area contributed by atoms with Gasteiger partial charge in [-0.3, -0.25) is 0 Å². The largest absolute Gasteiger partial charge is 0.496 e. The second-order valence-corrected chi connectivity index (χ2v) is 10.2. The lowest BCUT2D eigenvalue weighted by Crippen LogP contribution is -2.59. The van der Waals surface area contributed by atoms with Gasteiger partial charge in [0.1, 0.15) is 23.1 Å². The van der Waals surface area contributed by atoms with Gasteiger partial charge in [0, 0.05) is 31.1 Å². The summed E-state index contributed by atoms with van der Waals surface area (Å²) < 4.78 is 32.6. The summed E-state index contributed by atoms with van der Waals surface area (Å²) in [7, 11) is 3.01. The fraction of sp³-hybridized carbons (Fsp3) is 0.333. The number of aliphatic hydroxyl groups is 1. The van der Waals surface area contributed by atoms with E-state index < -0.39 is 29.0 Å². The Kier molecular flexibility index (Phi) is 5.88. The molecule has 3 aromatic carbocycles. The summed E-state index contributed by atoms with van der Waals surface area (Å²) >= 11 is 0. The van der Waals surface area contributed by atoms with Crippen LogP contribution >= 0.6 is 0 Å². The summed E-state index contributed by atoms with van der Waals surface area (Å²) in [5.41, 5.74) is -1.32. The molecule has 2 aliphatic heterocycles. The molecule has 1 aliphatic carbocycles. The van der Waals surface area contributed by atoms with E-state index in [2.05, 4.69) is 11.4 Å². The Balaban J connectivity index is 1.62. The van der Waals surface area contributed by atoms with Crippen LogP contribution in [0.15, 0.2) is 60.7 Å². The zero-order chi connectivity index (χ0) is 27.4. The van der Waals surface area contributed by atoms with Crippen molar-refractivity contribution in [2.75, 3.05) is 27.3 Å². The summed E-state index contributed by atoms with van der Waals surface area (Å²) in [4.78, 5) is 14.9. The van der Waals surface area contributed by atoms with E-state index in [0.717, 1.165) is 6.42 Å². The number of urea groups is 1. The van der Waals surface area contributed by atoms with Crippen molar-refractivity contribution in [3.63, 3.8) is 0 Å². The van der Waals surface area contributed by atoms with Crippen LogP contribution in [-0.2, 0) is 11.2 Å². The smallest absolute Gasteiger partial charge is 0.317 e. The number of benzene rings is 3. The van der Waals surface area contributed by atoms with Crippen LogP contribution in [0, 0.1) is 17.1 Å². The van der Waals surface area contributed by atoms with Gasteiger partial charge in [-0.05, 0) is 48.2 Å². The molecule has 0 aromatic heterocycles. The maximum Gasteiger partial charge on any atom is 0.317 e. The van der Waals surface area contributed by atoms with Crippen molar-refractivity contribution in [2.24, 2.45) is 0 Å². The third-order valence-corrected chi connectivity index (χ3v) is 8.31. The number of nitrogens with one attached hydrogen (secondary N) is 1. The van der Waals surface area contributed by atoms with Gasteiger partial charge in [0.05, 0.1) is 37.5 Å². The van der Waals surface area contributed by atoms with Crippen LogP contribution in [0.25, 0.3) is 0 Å². The number of fused-ring (bicyclic) bond motifs is 3. The van der Waals surface area contributed by atoms with Crippen molar-refractivity contribution < 1.29 is 28.5 Å². The number of hydrogen-bond donors (Lipinski definition) is 2. The van der Waals surface area contributed by atoms with Crippen LogP contribution in [0.2, 0.25) is 0 Å². The topological polar surface area (TPSA) is 104 Å². The molecule has 8 nitrogen and oxygen atoms in total. The molecule has 2 fully saturated rings. The zero-order valence-corrected chi connectivity index (χ0v) is 21.6. The van der Waals surface area contributed by atoms with Crippen molar-refractivity contribution in [3.05, 3.63) is 88.7 Å². The van der Waals surface area contributed by atoms with E-state index in [9.17, 15) is 19.6 Å². The van der Waals surface area contributed by atoms with Crippen LogP contribution in [0.3, 0.4) is 0 Å². The number of methoxy groups -OCH3 is 2. The number of halogens is 1. The first kappa shape index (κ1) is 25.0. The number of hydrogen-bond acceptors (Lipinski definition) is 6. The molecule has 200 valence electrons. The SMILES string of the molecule is COc1cc(OC)c2c(c1)O[C@@]1(c3ccc(C#N)cc3)[C@H](c3cccc(F)c3)C[C@H](NC(=O)N3CCC3)[C@@]21O. The number of likely N-dealkylation sites (tertiary alicyclic amines) is 1. The molecule has 3 aliphatic rings. The normalized spacial score (nSPS) is 26.5. The Morgan fingerprint density at radius 2 is 1.92 bits per heavy atom. The fourth-order valence-electron chi connectivity index (χ4n) is 6.37. The van der Waals surface area contributed by atoms with Crippen LogP contribution < -0.4 is 19.5 Å². The third kappa shape index (κ3) is 3.55. The van der Waals surface area contributed by atoms with E-state index >= 15 is 0 Å². The standard InChI is InChI=1S/C30H28FN3O5/c1-37-22-14-24(38-2)27-25(15-22)39-30(20-9-7-18(17-32)8-10-20)23(19-5-3-6-21(31)13-19)16-26(29(27,30)36)33-28(35)34-11-4-12-34/h3,5-10,13-15,23,26,36H,4,11-12,16H2,1-2H3,(H,33,35)/t23-,26-,29+,30-/m0/s1. The van der Waals surface area contributed by atoms with Gasteiger partial charge in [0.2, 0.25) is 0 Å². The molecular weight excluding hydrogens is 501 g/mol. The van der Waals surface area contributed by atoms with Crippen molar-refractivity contribution >= 4 is 6.03 Å². The first-order chi connectivity index (χ1) is 18.8. The molecule has 3 aromatic rings. The molecule has 39 heavy (non-hydrogen) atoms. The first-order valence-corrected chi connectivity index (χ1v) is 12.8. The highest BCUT2D eigenvalue weighted by Gasteiger charge is 2.74. The molecule has 0 radical (unpaired) electrons. The maximum atomic E-state index is 14.6. The van der Waals surface area contributed by atoms with Crippen molar-refractivity contribution in [1.82, 2.24) is 10.2 Å². The van der Waals surface area contributed by atoms with Crippen LogP contribution in [0.4, 0.5) is 9.18 Å².